The number of Topliss-reactive ketones (excluding diaryl/α,β-unsaturated/α-hetero) is 1. The fourth-order valence-corrected chi connectivity index (χ4v) is 0.644. The van der Waals surface area contributed by atoms with Crippen LogP contribution in [0.15, 0.2) is 10.6 Å². The molecule has 0 aromatic carbocycles. The number of aromatic nitrogens is 1. The molecule has 0 saturated heterocycles. The second kappa shape index (κ2) is 5.85. The number of hydrogen-bond acceptors (Lipinski definition) is 5. The first-order valence-corrected chi connectivity index (χ1v) is 3.61. The number of carbonyl (C=O) groups excluding carboxylic acids is 3. The number of carbonyl (C=O) groups is 1. The summed E-state index contributed by atoms with van der Waals surface area (Å²) in [5.41, 5.74) is 0.824. The average Bonchev–Trinajstić information content (AvgIpc) is 2.53. The van der Waals surface area contributed by atoms with Crippen LogP contribution in [0.4, 0.5) is 0 Å². The van der Waals surface area contributed by atoms with Crippen molar-refractivity contribution in [3.8, 4) is 0 Å². The van der Waals surface area contributed by atoms with Gasteiger partial charge in [0, 0.05) is 13.0 Å². The van der Waals surface area contributed by atoms with Crippen LogP contribution in [0.2, 0.25) is 0 Å². The Bertz CT molecular complexity index is 310. The molecule has 0 radical (unpaired) electrons. The van der Waals surface area contributed by atoms with Crippen LogP contribution in [-0.2, 0) is 16.0 Å². The molecule has 0 spiro atoms. The molecule has 0 unspecified atom stereocenters. The quantitative estimate of drug-likeness (QED) is 0.635. The van der Waals surface area contributed by atoms with Crippen LogP contribution in [0.1, 0.15) is 30.1 Å². The normalized spacial score (nSPS) is 8.15. The summed E-state index contributed by atoms with van der Waals surface area (Å²) in [6.45, 7) is 3.42. The van der Waals surface area contributed by atoms with E-state index in [4.69, 9.17) is 14.1 Å². The Balaban J connectivity index is 0.000000424. The average molecular weight is 183 g/mol. The Morgan fingerprint density at radius 3 is 2.38 bits per heavy atom. The summed E-state index contributed by atoms with van der Waals surface area (Å²) in [7, 11) is 0. The van der Waals surface area contributed by atoms with Gasteiger partial charge in [0.2, 0.25) is 5.76 Å². The molecular weight excluding hydrogens is 174 g/mol. The lowest BCUT2D eigenvalue weighted by molar-refractivity contribution is -0.191. The molecule has 0 aliphatic carbocycles. The van der Waals surface area contributed by atoms with E-state index in [2.05, 4.69) is 5.16 Å². The first-order valence-electron chi connectivity index (χ1n) is 3.61. The summed E-state index contributed by atoms with van der Waals surface area (Å²) in [6, 6.07) is 1.67. The van der Waals surface area contributed by atoms with E-state index in [-0.39, 0.29) is 11.9 Å². The maximum atomic E-state index is 10.6. The highest BCUT2D eigenvalue weighted by Crippen LogP contribution is 2.03. The van der Waals surface area contributed by atoms with Gasteiger partial charge in [-0.25, -0.2) is 0 Å². The number of hydrogen-bond donors (Lipinski definition) is 0. The third kappa shape index (κ3) is 3.98. The first-order chi connectivity index (χ1) is 6.15. The van der Waals surface area contributed by atoms with Gasteiger partial charge in [-0.1, -0.05) is 12.1 Å². The summed E-state index contributed by atoms with van der Waals surface area (Å²) >= 11 is 0. The van der Waals surface area contributed by atoms with Gasteiger partial charge >= 0.3 is 6.15 Å². The predicted octanol–water partition coefficient (Wildman–Crippen LogP) is 0.856. The van der Waals surface area contributed by atoms with Crippen LogP contribution >= 0.6 is 0 Å². The van der Waals surface area contributed by atoms with Crippen LogP contribution in [-0.4, -0.2) is 17.1 Å². The lowest BCUT2D eigenvalue weighted by Crippen LogP contribution is -1.86. The molecule has 0 bridgehead atoms. The van der Waals surface area contributed by atoms with E-state index in [1.165, 1.54) is 6.92 Å². The highest BCUT2D eigenvalue weighted by molar-refractivity contribution is 5.91. The molecule has 0 aliphatic rings. The number of aryl methyl sites for hydroxylation is 1. The molecule has 5 nitrogen and oxygen atoms in total. The third-order valence-corrected chi connectivity index (χ3v) is 1.27. The maximum Gasteiger partial charge on any atom is 0.373 e. The van der Waals surface area contributed by atoms with Gasteiger partial charge in [-0.05, 0) is 6.42 Å². The molecule has 1 heterocycles. The van der Waals surface area contributed by atoms with Crippen molar-refractivity contribution in [1.82, 2.24) is 5.16 Å². The lowest BCUT2D eigenvalue weighted by Gasteiger charge is -1.78. The molecule has 1 aromatic heterocycles. The molecule has 0 atom stereocenters. The summed E-state index contributed by atoms with van der Waals surface area (Å²) < 4.78 is 4.72. The Morgan fingerprint density at radius 2 is 2.15 bits per heavy atom. The van der Waals surface area contributed by atoms with Crippen molar-refractivity contribution in [3.05, 3.63) is 17.5 Å². The molecule has 0 aliphatic heterocycles. The van der Waals surface area contributed by atoms with E-state index in [1.807, 2.05) is 6.92 Å². The molecule has 1 aromatic rings. The SMILES string of the molecule is CCc1cc(C(C)=O)on1.O=C=O. The van der Waals surface area contributed by atoms with Crippen molar-refractivity contribution < 1.29 is 18.9 Å². The molecule has 0 amide bonds. The van der Waals surface area contributed by atoms with E-state index < -0.39 is 0 Å². The minimum atomic E-state index is -0.0767. The summed E-state index contributed by atoms with van der Waals surface area (Å²) in [5, 5.41) is 3.66. The summed E-state index contributed by atoms with van der Waals surface area (Å²) in [4.78, 5) is 26.9. The molecule has 1 rings (SSSR count). The number of rotatable bonds is 2. The minimum Gasteiger partial charge on any atom is -0.353 e. The fraction of sp³-hybridized carbons (Fsp3) is 0.375. The minimum absolute atomic E-state index is 0.0767. The highest BCUT2D eigenvalue weighted by atomic mass is 16.5. The van der Waals surface area contributed by atoms with E-state index in [9.17, 15) is 4.79 Å². The number of ketones is 1. The van der Waals surface area contributed by atoms with Crippen molar-refractivity contribution in [2.24, 2.45) is 0 Å². The maximum absolute atomic E-state index is 10.6. The molecule has 70 valence electrons. The highest BCUT2D eigenvalue weighted by Gasteiger charge is 2.05. The zero-order valence-electron chi connectivity index (χ0n) is 7.36. The Hall–Kier alpha value is -1.74. The molecule has 0 N–H and O–H groups in total. The van der Waals surface area contributed by atoms with Crippen molar-refractivity contribution in [1.29, 1.82) is 0 Å². The Kier molecular flexibility index (Phi) is 5.07. The fourth-order valence-electron chi connectivity index (χ4n) is 0.644. The summed E-state index contributed by atoms with van der Waals surface area (Å²) in [5.74, 6) is 0.268. The molecule has 13 heavy (non-hydrogen) atoms. The van der Waals surface area contributed by atoms with Crippen LogP contribution < -0.4 is 0 Å². The van der Waals surface area contributed by atoms with Crippen LogP contribution in [0.25, 0.3) is 0 Å². The topological polar surface area (TPSA) is 77.2 Å². The van der Waals surface area contributed by atoms with Crippen molar-refractivity contribution in [2.45, 2.75) is 20.3 Å². The van der Waals surface area contributed by atoms with Gasteiger partial charge in [-0.3, -0.25) is 4.79 Å². The van der Waals surface area contributed by atoms with Crippen LogP contribution in [0, 0.1) is 0 Å². The van der Waals surface area contributed by atoms with E-state index in [1.54, 1.807) is 6.07 Å². The van der Waals surface area contributed by atoms with Crippen LogP contribution in [0.5, 0.6) is 0 Å². The largest absolute Gasteiger partial charge is 0.373 e. The van der Waals surface area contributed by atoms with Crippen molar-refractivity contribution in [3.63, 3.8) is 0 Å². The van der Waals surface area contributed by atoms with Gasteiger partial charge < -0.3 is 4.52 Å². The van der Waals surface area contributed by atoms with Crippen molar-refractivity contribution in [2.75, 3.05) is 0 Å². The van der Waals surface area contributed by atoms with Gasteiger partial charge in [-0.15, -0.1) is 0 Å². The standard InChI is InChI=1S/C7H9NO2.CO2/c1-3-6-4-7(5(2)9)10-8-6;2-1-3/h4H,3H2,1-2H3;. The van der Waals surface area contributed by atoms with E-state index in [0.29, 0.717) is 5.76 Å². The Morgan fingerprint density at radius 1 is 1.62 bits per heavy atom. The van der Waals surface area contributed by atoms with Crippen LogP contribution in [0.3, 0.4) is 0 Å². The van der Waals surface area contributed by atoms with Crippen molar-refractivity contribution >= 4 is 11.9 Å². The molecule has 0 saturated carbocycles. The molecule has 5 heteroatoms. The number of nitrogens with zero attached hydrogens (tertiary/aromatic N) is 1. The van der Waals surface area contributed by atoms with E-state index >= 15 is 0 Å². The smallest absolute Gasteiger partial charge is 0.353 e. The predicted molar refractivity (Wildman–Crippen MR) is 40.9 cm³/mol. The monoisotopic (exact) mass is 183 g/mol. The first kappa shape index (κ1) is 11.3. The zero-order chi connectivity index (χ0) is 10.3. The second-order valence-electron chi connectivity index (χ2n) is 2.18. The van der Waals surface area contributed by atoms with Gasteiger partial charge in [-0.2, -0.15) is 9.59 Å². The van der Waals surface area contributed by atoms with Gasteiger partial charge in [0.05, 0.1) is 5.69 Å². The zero-order valence-corrected chi connectivity index (χ0v) is 7.36. The van der Waals surface area contributed by atoms with Gasteiger partial charge in [0.1, 0.15) is 0 Å². The second-order valence-corrected chi connectivity index (χ2v) is 2.18. The molecular formula is C8H9NO4. The van der Waals surface area contributed by atoms with Gasteiger partial charge in [0.15, 0.2) is 5.78 Å². The Labute approximate surface area is 74.7 Å². The van der Waals surface area contributed by atoms with E-state index in [0.717, 1.165) is 12.1 Å². The lowest BCUT2D eigenvalue weighted by atomic mass is 10.3. The molecule has 0 fully saturated rings. The van der Waals surface area contributed by atoms with Gasteiger partial charge in [0.25, 0.3) is 0 Å². The summed E-state index contributed by atoms with van der Waals surface area (Å²) in [6.07, 6.45) is 1.05. The third-order valence-electron chi connectivity index (χ3n) is 1.27.